The number of urea groups is 1. The first-order valence-electron chi connectivity index (χ1n) is 9.40. The number of nitrogens with zero attached hydrogens (tertiary/aromatic N) is 1. The Bertz CT molecular complexity index is 909. The van der Waals surface area contributed by atoms with Gasteiger partial charge in [-0.2, -0.15) is 0 Å². The minimum Gasteiger partial charge on any atom is -0.454 e. The van der Waals surface area contributed by atoms with Crippen molar-refractivity contribution in [2.75, 3.05) is 25.2 Å². The standard InChI is InChI=1S/C20H21FN4O3/c21-15-4-2-1-3-13(15)19-14-10-25(8-7-16(14)23-24-19)20(26)22-12-5-6-17-18(9-12)28-11-27-17/h1-6,9,14,16,19,23-24H,7-8,10-11H2,(H,22,26). The maximum absolute atomic E-state index is 14.3. The van der Waals surface area contributed by atoms with Crippen molar-refractivity contribution in [3.63, 3.8) is 0 Å². The van der Waals surface area contributed by atoms with Crippen molar-refractivity contribution in [1.82, 2.24) is 15.8 Å². The van der Waals surface area contributed by atoms with Crippen LogP contribution in [0.15, 0.2) is 42.5 Å². The zero-order chi connectivity index (χ0) is 19.1. The first-order valence-corrected chi connectivity index (χ1v) is 9.40. The number of nitrogens with one attached hydrogen (secondary N) is 3. The topological polar surface area (TPSA) is 74.9 Å². The molecule has 5 rings (SSSR count). The van der Waals surface area contributed by atoms with Crippen LogP contribution in [0.5, 0.6) is 11.5 Å². The highest BCUT2D eigenvalue weighted by atomic mass is 19.1. The van der Waals surface area contributed by atoms with E-state index >= 15 is 0 Å². The summed E-state index contributed by atoms with van der Waals surface area (Å²) in [7, 11) is 0. The van der Waals surface area contributed by atoms with Gasteiger partial charge in [-0.1, -0.05) is 18.2 Å². The van der Waals surface area contributed by atoms with E-state index in [2.05, 4.69) is 16.2 Å². The summed E-state index contributed by atoms with van der Waals surface area (Å²) in [5, 5.41) is 2.92. The van der Waals surface area contributed by atoms with E-state index in [9.17, 15) is 9.18 Å². The van der Waals surface area contributed by atoms with Crippen molar-refractivity contribution in [2.45, 2.75) is 18.5 Å². The zero-order valence-corrected chi connectivity index (χ0v) is 15.2. The fourth-order valence-electron chi connectivity index (χ4n) is 4.20. The average molecular weight is 384 g/mol. The third kappa shape index (κ3) is 3.04. The summed E-state index contributed by atoms with van der Waals surface area (Å²) in [5.74, 6) is 1.16. The summed E-state index contributed by atoms with van der Waals surface area (Å²) in [6.07, 6.45) is 0.803. The van der Waals surface area contributed by atoms with Crippen molar-refractivity contribution in [3.05, 3.63) is 53.8 Å². The number of benzene rings is 2. The Kier molecular flexibility index (Phi) is 4.29. The normalized spacial score (nSPS) is 25.5. The third-order valence-corrected chi connectivity index (χ3v) is 5.66. The number of rotatable bonds is 2. The molecular formula is C20H21FN4O3. The van der Waals surface area contributed by atoms with Crippen molar-refractivity contribution in [1.29, 1.82) is 0 Å². The van der Waals surface area contributed by atoms with Crippen molar-refractivity contribution in [3.8, 4) is 11.5 Å². The molecule has 2 fully saturated rings. The highest BCUT2D eigenvalue weighted by Gasteiger charge is 2.42. The lowest BCUT2D eigenvalue weighted by Crippen LogP contribution is -2.49. The molecule has 0 saturated carbocycles. The van der Waals surface area contributed by atoms with E-state index in [1.807, 2.05) is 6.07 Å². The minimum absolute atomic E-state index is 0.0909. The first kappa shape index (κ1) is 17.3. The Balaban J connectivity index is 1.29. The Morgan fingerprint density at radius 2 is 2.00 bits per heavy atom. The van der Waals surface area contributed by atoms with Gasteiger partial charge in [0, 0.05) is 42.4 Å². The lowest BCUT2D eigenvalue weighted by Gasteiger charge is -2.36. The number of hydrogen-bond donors (Lipinski definition) is 3. The molecule has 3 N–H and O–H groups in total. The van der Waals surface area contributed by atoms with E-state index in [0.29, 0.717) is 35.8 Å². The second kappa shape index (κ2) is 6.96. The number of hydrazine groups is 1. The summed E-state index contributed by atoms with van der Waals surface area (Å²) < 4.78 is 24.9. The molecule has 28 heavy (non-hydrogen) atoms. The van der Waals surface area contributed by atoms with Gasteiger partial charge < -0.3 is 19.7 Å². The number of anilines is 1. The first-order chi connectivity index (χ1) is 13.7. The van der Waals surface area contributed by atoms with Crippen molar-refractivity contribution < 1.29 is 18.7 Å². The van der Waals surface area contributed by atoms with Gasteiger partial charge in [-0.05, 0) is 24.6 Å². The number of carbonyl (C=O) groups excluding carboxylic acids is 1. The molecule has 7 nitrogen and oxygen atoms in total. The summed E-state index contributed by atoms with van der Waals surface area (Å²) in [6.45, 7) is 1.37. The second-order valence-corrected chi connectivity index (χ2v) is 7.29. The lowest BCUT2D eigenvalue weighted by molar-refractivity contribution is 0.165. The van der Waals surface area contributed by atoms with E-state index in [1.165, 1.54) is 6.07 Å². The summed E-state index contributed by atoms with van der Waals surface area (Å²) in [5.41, 5.74) is 7.76. The quantitative estimate of drug-likeness (QED) is 0.742. The Morgan fingerprint density at radius 3 is 2.89 bits per heavy atom. The van der Waals surface area contributed by atoms with Gasteiger partial charge in [-0.15, -0.1) is 0 Å². The number of hydrogen-bond acceptors (Lipinski definition) is 5. The molecule has 3 unspecified atom stereocenters. The molecule has 0 spiro atoms. The molecular weight excluding hydrogens is 363 g/mol. The monoisotopic (exact) mass is 384 g/mol. The van der Waals surface area contributed by atoms with Crippen LogP contribution in [-0.2, 0) is 0 Å². The molecule has 3 aliphatic heterocycles. The fourth-order valence-corrected chi connectivity index (χ4v) is 4.20. The summed E-state index contributed by atoms with van der Waals surface area (Å²) in [4.78, 5) is 14.6. The second-order valence-electron chi connectivity index (χ2n) is 7.29. The Labute approximate surface area is 161 Å². The number of likely N-dealkylation sites (tertiary alicyclic amines) is 1. The lowest BCUT2D eigenvalue weighted by atomic mass is 9.85. The van der Waals surface area contributed by atoms with E-state index < -0.39 is 0 Å². The Morgan fingerprint density at radius 1 is 1.14 bits per heavy atom. The Hall–Kier alpha value is -2.84. The fraction of sp³-hybridized carbons (Fsp3) is 0.350. The maximum atomic E-state index is 14.3. The van der Waals surface area contributed by atoms with Gasteiger partial charge in [-0.25, -0.2) is 14.6 Å². The number of carbonyl (C=O) groups is 1. The highest BCUT2D eigenvalue weighted by Crippen LogP contribution is 2.36. The molecule has 0 radical (unpaired) electrons. The van der Waals surface area contributed by atoms with Gasteiger partial charge >= 0.3 is 6.03 Å². The number of fused-ring (bicyclic) bond motifs is 2. The van der Waals surface area contributed by atoms with Gasteiger partial charge in [0.25, 0.3) is 0 Å². The van der Waals surface area contributed by atoms with E-state index in [0.717, 1.165) is 6.42 Å². The molecule has 0 aliphatic carbocycles. The molecule has 0 bridgehead atoms. The predicted molar refractivity (Wildman–Crippen MR) is 100 cm³/mol. The predicted octanol–water partition coefficient (Wildman–Crippen LogP) is 2.63. The van der Waals surface area contributed by atoms with Crippen molar-refractivity contribution >= 4 is 11.7 Å². The zero-order valence-electron chi connectivity index (χ0n) is 15.2. The molecule has 3 aliphatic rings. The number of amides is 2. The van der Waals surface area contributed by atoms with Crippen LogP contribution in [0.4, 0.5) is 14.9 Å². The molecule has 2 saturated heterocycles. The van der Waals surface area contributed by atoms with Crippen LogP contribution in [-0.4, -0.2) is 36.9 Å². The van der Waals surface area contributed by atoms with Crippen LogP contribution in [0.25, 0.3) is 0 Å². The molecule has 2 aromatic rings. The number of piperidine rings is 1. The largest absolute Gasteiger partial charge is 0.454 e. The third-order valence-electron chi connectivity index (χ3n) is 5.66. The van der Waals surface area contributed by atoms with Gasteiger partial charge in [0.2, 0.25) is 6.79 Å². The smallest absolute Gasteiger partial charge is 0.321 e. The van der Waals surface area contributed by atoms with E-state index in [-0.39, 0.29) is 36.6 Å². The molecule has 146 valence electrons. The van der Waals surface area contributed by atoms with Gasteiger partial charge in [0.1, 0.15) is 5.82 Å². The minimum atomic E-state index is -0.232. The van der Waals surface area contributed by atoms with Crippen LogP contribution in [0.1, 0.15) is 18.0 Å². The van der Waals surface area contributed by atoms with Crippen LogP contribution in [0.3, 0.4) is 0 Å². The van der Waals surface area contributed by atoms with Gasteiger partial charge in [-0.3, -0.25) is 5.43 Å². The summed E-state index contributed by atoms with van der Waals surface area (Å²) in [6, 6.07) is 12.0. The van der Waals surface area contributed by atoms with Gasteiger partial charge in [0.15, 0.2) is 11.5 Å². The molecule has 0 aromatic heterocycles. The van der Waals surface area contributed by atoms with Crippen LogP contribution < -0.4 is 25.6 Å². The molecule has 8 heteroatoms. The van der Waals surface area contributed by atoms with E-state index in [1.54, 1.807) is 35.2 Å². The average Bonchev–Trinajstić information content (AvgIpc) is 3.34. The number of halogens is 1. The molecule has 3 heterocycles. The molecule has 3 atom stereocenters. The van der Waals surface area contributed by atoms with Gasteiger partial charge in [0.05, 0.1) is 6.04 Å². The number of ether oxygens (including phenoxy) is 2. The van der Waals surface area contributed by atoms with Crippen LogP contribution in [0.2, 0.25) is 0 Å². The molecule has 2 amide bonds. The maximum Gasteiger partial charge on any atom is 0.321 e. The van der Waals surface area contributed by atoms with E-state index in [4.69, 9.17) is 9.47 Å². The van der Waals surface area contributed by atoms with Crippen LogP contribution in [0, 0.1) is 11.7 Å². The summed E-state index contributed by atoms with van der Waals surface area (Å²) >= 11 is 0. The van der Waals surface area contributed by atoms with Crippen molar-refractivity contribution in [2.24, 2.45) is 5.92 Å². The SMILES string of the molecule is O=C(Nc1ccc2c(c1)OCO2)N1CCC2NNC(c3ccccc3F)C2C1. The van der Waals surface area contributed by atoms with Crippen LogP contribution >= 0.6 is 0 Å². The molecule has 2 aromatic carbocycles. The highest BCUT2D eigenvalue weighted by molar-refractivity contribution is 5.89.